The number of benzene rings is 1. The molecular formula is C24H29F3N4O4. The summed E-state index contributed by atoms with van der Waals surface area (Å²) >= 11 is 0. The van der Waals surface area contributed by atoms with Crippen LogP contribution < -0.4 is 5.69 Å². The number of aryl methyl sites for hydroxylation is 1. The van der Waals surface area contributed by atoms with E-state index >= 15 is 0 Å². The first-order valence-electron chi connectivity index (χ1n) is 11.8. The maximum atomic E-state index is 13.2. The summed E-state index contributed by atoms with van der Waals surface area (Å²) in [5.41, 5.74) is 1.32. The Hall–Kier alpha value is -3.11. The van der Waals surface area contributed by atoms with Gasteiger partial charge in [0.15, 0.2) is 0 Å². The van der Waals surface area contributed by atoms with Crippen LogP contribution in [0.25, 0.3) is 5.69 Å². The van der Waals surface area contributed by atoms with Crippen LogP contribution >= 0.6 is 0 Å². The number of piperidine rings is 1. The highest BCUT2D eigenvalue weighted by atomic mass is 19.4. The number of amides is 1. The van der Waals surface area contributed by atoms with Crippen molar-refractivity contribution in [2.24, 2.45) is 5.92 Å². The minimum absolute atomic E-state index is 0.0268. The van der Waals surface area contributed by atoms with Gasteiger partial charge in [-0.2, -0.15) is 23.0 Å². The van der Waals surface area contributed by atoms with Crippen LogP contribution in [-0.4, -0.2) is 57.5 Å². The molecule has 1 aliphatic heterocycles. The monoisotopic (exact) mass is 494 g/mol. The van der Waals surface area contributed by atoms with E-state index in [1.807, 2.05) is 12.1 Å². The van der Waals surface area contributed by atoms with Gasteiger partial charge in [0.2, 0.25) is 0 Å². The molecule has 11 heteroatoms. The first-order chi connectivity index (χ1) is 16.6. The molecule has 2 heterocycles. The Labute approximate surface area is 200 Å². The van der Waals surface area contributed by atoms with Crippen molar-refractivity contribution in [3.63, 3.8) is 0 Å². The van der Waals surface area contributed by atoms with Crippen molar-refractivity contribution in [3.8, 4) is 5.69 Å². The first-order valence-corrected chi connectivity index (χ1v) is 11.8. The van der Waals surface area contributed by atoms with E-state index in [4.69, 9.17) is 4.74 Å². The summed E-state index contributed by atoms with van der Waals surface area (Å²) < 4.78 is 45.9. The third kappa shape index (κ3) is 5.13. The van der Waals surface area contributed by atoms with Crippen molar-refractivity contribution >= 4 is 11.9 Å². The van der Waals surface area contributed by atoms with Crippen LogP contribution in [0.3, 0.4) is 0 Å². The number of methoxy groups -OCH3 is 1. The highest BCUT2D eigenvalue weighted by Gasteiger charge is 2.43. The lowest BCUT2D eigenvalue weighted by molar-refractivity contribution is -0.186. The molecule has 0 spiro atoms. The van der Waals surface area contributed by atoms with Crippen LogP contribution in [0.1, 0.15) is 61.9 Å². The van der Waals surface area contributed by atoms with Crippen LogP contribution in [0, 0.1) is 12.8 Å². The Kier molecular flexibility index (Phi) is 7.05. The number of aromatic nitrogens is 3. The van der Waals surface area contributed by atoms with Crippen molar-refractivity contribution in [2.45, 2.75) is 63.6 Å². The zero-order valence-corrected chi connectivity index (χ0v) is 19.8. The lowest BCUT2D eigenvalue weighted by Crippen LogP contribution is -2.45. The van der Waals surface area contributed by atoms with Crippen LogP contribution in [0.4, 0.5) is 13.2 Å². The van der Waals surface area contributed by atoms with Gasteiger partial charge in [-0.05, 0) is 69.1 Å². The molecule has 8 nitrogen and oxygen atoms in total. The van der Waals surface area contributed by atoms with E-state index in [1.54, 1.807) is 23.6 Å². The SMILES string of the molecule is COC(=O)[C@H]1CC[C@H](n2c(C)nn(-c3ccc(C4CCN(C(=O)C(F)(F)F)CC4)cc3)c2=O)CC1. The molecule has 1 aromatic carbocycles. The fraction of sp³-hybridized carbons (Fsp3) is 0.583. The van der Waals surface area contributed by atoms with Crippen LogP contribution in [0.15, 0.2) is 29.1 Å². The van der Waals surface area contributed by atoms with E-state index in [2.05, 4.69) is 5.10 Å². The number of esters is 1. The number of halogens is 3. The van der Waals surface area contributed by atoms with Crippen molar-refractivity contribution < 1.29 is 27.5 Å². The number of hydrogen-bond acceptors (Lipinski definition) is 5. The zero-order valence-electron chi connectivity index (χ0n) is 19.8. The molecule has 1 amide bonds. The van der Waals surface area contributed by atoms with E-state index < -0.39 is 12.1 Å². The summed E-state index contributed by atoms with van der Waals surface area (Å²) in [7, 11) is 1.39. The molecule has 0 atom stereocenters. The molecule has 1 aromatic heterocycles. The Balaban J connectivity index is 1.43. The Bertz CT molecular complexity index is 1120. The van der Waals surface area contributed by atoms with Gasteiger partial charge in [-0.3, -0.25) is 14.2 Å². The van der Waals surface area contributed by atoms with Gasteiger partial charge in [0.25, 0.3) is 0 Å². The third-order valence-corrected chi connectivity index (χ3v) is 7.21. The van der Waals surface area contributed by atoms with Gasteiger partial charge in [0.05, 0.1) is 18.7 Å². The minimum atomic E-state index is -4.84. The summed E-state index contributed by atoms with van der Waals surface area (Å²) in [5, 5.41) is 4.45. The lowest BCUT2D eigenvalue weighted by Gasteiger charge is -2.32. The summed E-state index contributed by atoms with van der Waals surface area (Å²) in [5.74, 6) is -1.48. The first kappa shape index (κ1) is 25.0. The Morgan fingerprint density at radius 2 is 1.60 bits per heavy atom. The van der Waals surface area contributed by atoms with E-state index in [9.17, 15) is 27.6 Å². The molecule has 190 valence electrons. The van der Waals surface area contributed by atoms with Crippen LogP contribution in [0.2, 0.25) is 0 Å². The van der Waals surface area contributed by atoms with Crippen molar-refractivity contribution in [3.05, 3.63) is 46.1 Å². The quantitative estimate of drug-likeness (QED) is 0.608. The Morgan fingerprint density at radius 1 is 1.00 bits per heavy atom. The second-order valence-electron chi connectivity index (χ2n) is 9.30. The number of likely N-dealkylation sites (tertiary alicyclic amines) is 1. The number of hydrogen-bond donors (Lipinski definition) is 0. The van der Waals surface area contributed by atoms with Crippen molar-refractivity contribution in [2.75, 3.05) is 20.2 Å². The standard InChI is InChI=1S/C24H29F3N4O4/c1-15-28-31(23(34)30(15)19-7-5-18(6-8-19)21(32)35-2)20-9-3-16(4-10-20)17-11-13-29(14-12-17)22(33)24(25,26)27/h3-4,9-10,17-19H,5-8,11-14H2,1-2H3/t18-,19-. The molecule has 2 aromatic rings. The van der Waals surface area contributed by atoms with Gasteiger partial charge in [0, 0.05) is 19.1 Å². The normalized spacial score (nSPS) is 21.7. The number of nitrogens with zero attached hydrogens (tertiary/aromatic N) is 4. The average Bonchev–Trinajstić information content (AvgIpc) is 3.16. The molecule has 0 radical (unpaired) electrons. The number of rotatable bonds is 4. The molecule has 1 aliphatic carbocycles. The van der Waals surface area contributed by atoms with Gasteiger partial charge in [-0.1, -0.05) is 12.1 Å². The van der Waals surface area contributed by atoms with E-state index in [0.29, 0.717) is 50.0 Å². The molecular weight excluding hydrogens is 465 g/mol. The maximum absolute atomic E-state index is 13.2. The van der Waals surface area contributed by atoms with Gasteiger partial charge >= 0.3 is 23.7 Å². The molecule has 1 saturated heterocycles. The maximum Gasteiger partial charge on any atom is 0.471 e. The summed E-state index contributed by atoms with van der Waals surface area (Å²) in [6.07, 6.45) is -1.23. The minimum Gasteiger partial charge on any atom is -0.469 e. The molecule has 0 N–H and O–H groups in total. The predicted octanol–water partition coefficient (Wildman–Crippen LogP) is 3.52. The fourth-order valence-corrected chi connectivity index (χ4v) is 5.28. The smallest absolute Gasteiger partial charge is 0.469 e. The highest BCUT2D eigenvalue weighted by Crippen LogP contribution is 2.33. The topological polar surface area (TPSA) is 86.4 Å². The number of carbonyl (C=O) groups is 2. The van der Waals surface area contributed by atoms with Crippen molar-refractivity contribution in [1.82, 2.24) is 19.2 Å². The van der Waals surface area contributed by atoms with Gasteiger partial charge < -0.3 is 9.64 Å². The molecule has 4 rings (SSSR count). The van der Waals surface area contributed by atoms with Crippen molar-refractivity contribution in [1.29, 1.82) is 0 Å². The third-order valence-electron chi connectivity index (χ3n) is 7.21. The predicted molar refractivity (Wildman–Crippen MR) is 120 cm³/mol. The second-order valence-corrected chi connectivity index (χ2v) is 9.30. The molecule has 1 saturated carbocycles. The average molecular weight is 495 g/mol. The zero-order chi connectivity index (χ0) is 25.3. The lowest BCUT2D eigenvalue weighted by atomic mass is 9.86. The van der Waals surface area contributed by atoms with E-state index in [0.717, 1.165) is 10.5 Å². The molecule has 2 aliphatic rings. The van der Waals surface area contributed by atoms with E-state index in [1.165, 1.54) is 11.8 Å². The number of alkyl halides is 3. The van der Waals surface area contributed by atoms with Gasteiger partial charge in [-0.15, -0.1) is 0 Å². The van der Waals surface area contributed by atoms with Gasteiger partial charge in [-0.25, -0.2) is 4.79 Å². The number of ether oxygens (including phenoxy) is 1. The number of carbonyl (C=O) groups excluding carboxylic acids is 2. The molecule has 0 unspecified atom stereocenters. The van der Waals surface area contributed by atoms with Crippen LogP contribution in [0.5, 0.6) is 0 Å². The van der Waals surface area contributed by atoms with Gasteiger partial charge in [0.1, 0.15) is 5.82 Å². The molecule has 0 bridgehead atoms. The fourth-order valence-electron chi connectivity index (χ4n) is 5.28. The molecule has 35 heavy (non-hydrogen) atoms. The second kappa shape index (κ2) is 9.87. The largest absolute Gasteiger partial charge is 0.471 e. The summed E-state index contributed by atoms with van der Waals surface area (Å²) in [6, 6.07) is 7.28. The van der Waals surface area contributed by atoms with Crippen LogP contribution in [-0.2, 0) is 14.3 Å². The van der Waals surface area contributed by atoms with E-state index in [-0.39, 0.29) is 42.6 Å². The summed E-state index contributed by atoms with van der Waals surface area (Å²) in [4.78, 5) is 37.3. The highest BCUT2D eigenvalue weighted by molar-refractivity contribution is 5.82. The Morgan fingerprint density at radius 3 is 2.14 bits per heavy atom. The summed E-state index contributed by atoms with van der Waals surface area (Å²) in [6.45, 7) is 1.91. The molecule has 2 fully saturated rings.